The third kappa shape index (κ3) is 2.69. The summed E-state index contributed by atoms with van der Waals surface area (Å²) in [5, 5.41) is 0. The molecule has 0 spiro atoms. The first kappa shape index (κ1) is 13.8. The maximum absolute atomic E-state index is 5.41. The van der Waals surface area contributed by atoms with E-state index in [0.29, 0.717) is 0 Å². The fourth-order valence-electron chi connectivity index (χ4n) is 2.41. The lowest BCUT2D eigenvalue weighted by Crippen LogP contribution is -2.02. The second-order valence-corrected chi connectivity index (χ2v) is 5.39. The summed E-state index contributed by atoms with van der Waals surface area (Å²) >= 11 is 5.41. The third-order valence-electron chi connectivity index (χ3n) is 3.66. The van der Waals surface area contributed by atoms with Crippen LogP contribution in [0.5, 0.6) is 5.75 Å². The highest BCUT2D eigenvalue weighted by Crippen LogP contribution is 2.17. The van der Waals surface area contributed by atoms with Crippen molar-refractivity contribution in [3.05, 3.63) is 52.4 Å². The van der Waals surface area contributed by atoms with Crippen molar-refractivity contribution in [1.29, 1.82) is 0 Å². The van der Waals surface area contributed by atoms with Crippen molar-refractivity contribution in [2.24, 2.45) is 0 Å². The zero-order valence-corrected chi connectivity index (χ0v) is 12.9. The van der Waals surface area contributed by atoms with E-state index in [1.165, 1.54) is 5.56 Å². The standard InChI is InChI=1S/C16H17N3OS/c1-11-7-9-17-15-14(11)18-16(21)19(15)10-8-12-3-5-13(20-2)6-4-12/h3-7,9H,8,10H2,1-2H3,(H,18,21). The molecule has 0 unspecified atom stereocenters. The van der Waals surface area contributed by atoms with E-state index in [0.717, 1.165) is 40.2 Å². The normalized spacial score (nSPS) is 11.0. The lowest BCUT2D eigenvalue weighted by atomic mass is 10.1. The molecule has 0 radical (unpaired) electrons. The van der Waals surface area contributed by atoms with Gasteiger partial charge in [0.2, 0.25) is 0 Å². The molecule has 0 bridgehead atoms. The van der Waals surface area contributed by atoms with Crippen LogP contribution in [0.3, 0.4) is 0 Å². The van der Waals surface area contributed by atoms with Gasteiger partial charge in [-0.15, -0.1) is 0 Å². The van der Waals surface area contributed by atoms with Crippen LogP contribution < -0.4 is 4.74 Å². The Hall–Kier alpha value is -2.14. The molecule has 21 heavy (non-hydrogen) atoms. The summed E-state index contributed by atoms with van der Waals surface area (Å²) in [7, 11) is 1.67. The van der Waals surface area contributed by atoms with E-state index in [4.69, 9.17) is 17.0 Å². The Labute approximate surface area is 128 Å². The van der Waals surface area contributed by atoms with E-state index in [-0.39, 0.29) is 0 Å². The molecule has 0 saturated carbocycles. The molecule has 2 aromatic heterocycles. The molecule has 108 valence electrons. The van der Waals surface area contributed by atoms with Gasteiger partial charge >= 0.3 is 0 Å². The van der Waals surface area contributed by atoms with Crippen molar-refractivity contribution in [3.63, 3.8) is 0 Å². The number of nitrogens with one attached hydrogen (secondary N) is 1. The molecule has 0 atom stereocenters. The van der Waals surface area contributed by atoms with Gasteiger partial charge in [0.1, 0.15) is 5.75 Å². The fraction of sp³-hybridized carbons (Fsp3) is 0.250. The van der Waals surface area contributed by atoms with Gasteiger partial charge in [0.25, 0.3) is 0 Å². The fourth-order valence-corrected chi connectivity index (χ4v) is 2.69. The summed E-state index contributed by atoms with van der Waals surface area (Å²) < 4.78 is 7.95. The lowest BCUT2D eigenvalue weighted by Gasteiger charge is -2.06. The number of nitrogens with zero attached hydrogens (tertiary/aromatic N) is 2. The Balaban J connectivity index is 1.86. The van der Waals surface area contributed by atoms with Gasteiger partial charge in [0, 0.05) is 12.7 Å². The predicted molar refractivity (Wildman–Crippen MR) is 86.4 cm³/mol. The van der Waals surface area contributed by atoms with Crippen LogP contribution in [-0.4, -0.2) is 21.6 Å². The minimum atomic E-state index is 0.723. The summed E-state index contributed by atoms with van der Waals surface area (Å²) in [5.74, 6) is 0.875. The van der Waals surface area contributed by atoms with E-state index in [2.05, 4.69) is 33.6 Å². The van der Waals surface area contributed by atoms with Crippen LogP contribution >= 0.6 is 12.2 Å². The van der Waals surface area contributed by atoms with Crippen LogP contribution in [0.25, 0.3) is 11.2 Å². The quantitative estimate of drug-likeness (QED) is 0.748. The number of ether oxygens (including phenoxy) is 1. The summed E-state index contributed by atoms with van der Waals surface area (Å²) in [6.45, 7) is 2.87. The zero-order valence-electron chi connectivity index (χ0n) is 12.1. The highest BCUT2D eigenvalue weighted by molar-refractivity contribution is 7.71. The Kier molecular flexibility index (Phi) is 3.75. The number of aromatic amines is 1. The van der Waals surface area contributed by atoms with Gasteiger partial charge in [-0.1, -0.05) is 12.1 Å². The SMILES string of the molecule is COc1ccc(CCn2c(=S)[nH]c3c(C)ccnc32)cc1. The number of hydrogen-bond donors (Lipinski definition) is 1. The molecule has 4 nitrogen and oxygen atoms in total. The summed E-state index contributed by atoms with van der Waals surface area (Å²) in [6, 6.07) is 10.1. The van der Waals surface area contributed by atoms with Gasteiger partial charge < -0.3 is 14.3 Å². The van der Waals surface area contributed by atoms with Crippen LogP contribution in [0.1, 0.15) is 11.1 Å². The highest BCUT2D eigenvalue weighted by Gasteiger charge is 2.07. The second kappa shape index (κ2) is 5.69. The molecular weight excluding hydrogens is 282 g/mol. The van der Waals surface area contributed by atoms with Gasteiger partial charge in [-0.2, -0.15) is 0 Å². The maximum atomic E-state index is 5.41. The number of pyridine rings is 1. The molecule has 0 saturated heterocycles. The molecule has 0 fully saturated rings. The van der Waals surface area contributed by atoms with E-state index in [9.17, 15) is 0 Å². The smallest absolute Gasteiger partial charge is 0.179 e. The van der Waals surface area contributed by atoms with Crippen LogP contribution in [0, 0.1) is 11.7 Å². The average molecular weight is 299 g/mol. The molecule has 5 heteroatoms. The number of benzene rings is 1. The summed E-state index contributed by atoms with van der Waals surface area (Å²) in [4.78, 5) is 7.69. The van der Waals surface area contributed by atoms with Gasteiger partial charge in [-0.25, -0.2) is 4.98 Å². The Morgan fingerprint density at radius 1 is 1.24 bits per heavy atom. The average Bonchev–Trinajstić information content (AvgIpc) is 2.83. The van der Waals surface area contributed by atoms with Crippen LogP contribution in [0.2, 0.25) is 0 Å². The Morgan fingerprint density at radius 2 is 2.00 bits per heavy atom. The first-order valence-electron chi connectivity index (χ1n) is 6.86. The zero-order chi connectivity index (χ0) is 14.8. The van der Waals surface area contributed by atoms with E-state index in [1.807, 2.05) is 24.4 Å². The van der Waals surface area contributed by atoms with Crippen LogP contribution in [-0.2, 0) is 13.0 Å². The molecule has 1 aromatic carbocycles. The molecule has 0 aliphatic heterocycles. The number of rotatable bonds is 4. The monoisotopic (exact) mass is 299 g/mol. The Morgan fingerprint density at radius 3 is 2.71 bits per heavy atom. The van der Waals surface area contributed by atoms with Gasteiger partial charge in [-0.05, 0) is 54.9 Å². The molecule has 1 N–H and O–H groups in total. The molecule has 0 aliphatic rings. The number of aromatic nitrogens is 3. The highest BCUT2D eigenvalue weighted by atomic mass is 32.1. The molecular formula is C16H17N3OS. The number of aryl methyl sites for hydroxylation is 3. The number of methoxy groups -OCH3 is 1. The summed E-state index contributed by atoms with van der Waals surface area (Å²) in [6.07, 6.45) is 2.73. The van der Waals surface area contributed by atoms with Crippen molar-refractivity contribution < 1.29 is 4.74 Å². The largest absolute Gasteiger partial charge is 0.497 e. The minimum absolute atomic E-state index is 0.723. The van der Waals surface area contributed by atoms with E-state index < -0.39 is 0 Å². The van der Waals surface area contributed by atoms with Gasteiger partial charge in [-0.3, -0.25) is 0 Å². The minimum Gasteiger partial charge on any atom is -0.497 e. The van der Waals surface area contributed by atoms with Crippen molar-refractivity contribution >= 4 is 23.4 Å². The third-order valence-corrected chi connectivity index (χ3v) is 3.98. The predicted octanol–water partition coefficient (Wildman–Crippen LogP) is 3.65. The number of imidazole rings is 1. The number of H-pyrrole nitrogens is 1. The molecule has 3 rings (SSSR count). The van der Waals surface area contributed by atoms with Crippen molar-refractivity contribution in [2.45, 2.75) is 19.9 Å². The Bertz CT molecular complexity index is 818. The van der Waals surface area contributed by atoms with Crippen molar-refractivity contribution in [2.75, 3.05) is 7.11 Å². The van der Waals surface area contributed by atoms with Gasteiger partial charge in [0.15, 0.2) is 10.4 Å². The van der Waals surface area contributed by atoms with E-state index in [1.54, 1.807) is 7.11 Å². The molecule has 0 aliphatic carbocycles. The first-order valence-corrected chi connectivity index (χ1v) is 7.27. The van der Waals surface area contributed by atoms with Crippen molar-refractivity contribution in [3.8, 4) is 5.75 Å². The topological polar surface area (TPSA) is 42.8 Å². The maximum Gasteiger partial charge on any atom is 0.179 e. The van der Waals surface area contributed by atoms with Crippen LogP contribution in [0.4, 0.5) is 0 Å². The first-order chi connectivity index (χ1) is 10.2. The number of hydrogen-bond acceptors (Lipinski definition) is 3. The van der Waals surface area contributed by atoms with Gasteiger partial charge in [0.05, 0.1) is 12.6 Å². The van der Waals surface area contributed by atoms with E-state index >= 15 is 0 Å². The summed E-state index contributed by atoms with van der Waals surface area (Å²) in [5.41, 5.74) is 4.36. The number of fused-ring (bicyclic) bond motifs is 1. The van der Waals surface area contributed by atoms with Crippen LogP contribution in [0.15, 0.2) is 36.5 Å². The molecule has 2 heterocycles. The molecule has 0 amide bonds. The second-order valence-electron chi connectivity index (χ2n) is 5.01. The van der Waals surface area contributed by atoms with Crippen molar-refractivity contribution in [1.82, 2.24) is 14.5 Å². The molecule has 3 aromatic rings. The lowest BCUT2D eigenvalue weighted by molar-refractivity contribution is 0.414.